The Balaban J connectivity index is 1.34. The van der Waals surface area contributed by atoms with E-state index >= 15 is 0 Å². The van der Waals surface area contributed by atoms with Crippen molar-refractivity contribution < 1.29 is 14.7 Å². The van der Waals surface area contributed by atoms with Gasteiger partial charge in [0, 0.05) is 17.1 Å². The Bertz CT molecular complexity index is 1640. The zero-order valence-electron chi connectivity index (χ0n) is 23.6. The normalized spacial score (nSPS) is 16.6. The van der Waals surface area contributed by atoms with E-state index in [9.17, 15) is 14.7 Å². The predicted molar refractivity (Wildman–Crippen MR) is 166 cm³/mol. The largest absolute Gasteiger partial charge is 0.478 e. The topological polar surface area (TPSA) is 66.4 Å². The number of fused-ring (bicyclic) bond motifs is 1. The average Bonchev–Trinajstić information content (AvgIpc) is 3.06. The Labute approximate surface area is 246 Å². The van der Waals surface area contributed by atoms with Gasteiger partial charge in [0.15, 0.2) is 0 Å². The molecule has 0 spiro atoms. The minimum atomic E-state index is -0.921. The van der Waals surface area contributed by atoms with Gasteiger partial charge in [0.25, 0.3) is 5.91 Å². The second-order valence-corrected chi connectivity index (χ2v) is 11.5. The minimum Gasteiger partial charge on any atom is -0.478 e. The molecule has 2 N–H and O–H groups in total. The highest BCUT2D eigenvalue weighted by atomic mass is 35.5. The molecule has 4 aromatic carbocycles. The van der Waals surface area contributed by atoms with Crippen LogP contribution in [0.25, 0.3) is 16.7 Å². The van der Waals surface area contributed by atoms with Crippen molar-refractivity contribution in [3.63, 3.8) is 0 Å². The Morgan fingerprint density at radius 2 is 1.63 bits per heavy atom. The van der Waals surface area contributed by atoms with E-state index in [4.69, 9.17) is 11.6 Å². The molecule has 2 unspecified atom stereocenters. The van der Waals surface area contributed by atoms with Crippen LogP contribution in [0.2, 0.25) is 5.02 Å². The fourth-order valence-corrected chi connectivity index (χ4v) is 6.06. The van der Waals surface area contributed by atoms with Gasteiger partial charge in [-0.1, -0.05) is 84.8 Å². The molecule has 0 radical (unpaired) electrons. The van der Waals surface area contributed by atoms with Crippen LogP contribution in [0, 0.1) is 5.92 Å². The van der Waals surface area contributed by atoms with Crippen LogP contribution < -0.4 is 5.32 Å². The first kappa shape index (κ1) is 28.4. The molecule has 1 amide bonds. The first-order valence-electron chi connectivity index (χ1n) is 14.0. The van der Waals surface area contributed by atoms with E-state index in [1.807, 2.05) is 60.7 Å². The van der Waals surface area contributed by atoms with Gasteiger partial charge in [-0.15, -0.1) is 0 Å². The summed E-state index contributed by atoms with van der Waals surface area (Å²) in [5, 5.41) is 13.3. The molecule has 2 atom stereocenters. The van der Waals surface area contributed by atoms with Crippen LogP contribution in [-0.4, -0.2) is 17.0 Å². The molecular formula is C36H34ClNO3. The third kappa shape index (κ3) is 6.28. The summed E-state index contributed by atoms with van der Waals surface area (Å²) >= 11 is 6.09. The molecule has 4 nitrogen and oxygen atoms in total. The number of amides is 1. The van der Waals surface area contributed by atoms with E-state index in [0.29, 0.717) is 34.5 Å². The number of hydrogen-bond acceptors (Lipinski definition) is 2. The fraction of sp³-hybridized carbons (Fsp3) is 0.222. The predicted octanol–water partition coefficient (Wildman–Crippen LogP) is 8.79. The number of nitrogens with one attached hydrogen (secondary N) is 1. The molecule has 0 heterocycles. The molecular weight excluding hydrogens is 530 g/mol. The number of carboxylic acid groups (broad SMARTS) is 1. The quantitative estimate of drug-likeness (QED) is 0.236. The number of carboxylic acids is 1. The molecule has 5 rings (SSSR count). The zero-order valence-corrected chi connectivity index (χ0v) is 24.3. The highest BCUT2D eigenvalue weighted by Crippen LogP contribution is 2.41. The molecule has 41 heavy (non-hydrogen) atoms. The zero-order chi connectivity index (χ0) is 29.1. The van der Waals surface area contributed by atoms with Crippen molar-refractivity contribution in [1.29, 1.82) is 0 Å². The average molecular weight is 564 g/mol. The first-order valence-corrected chi connectivity index (χ1v) is 14.3. The molecule has 0 aliphatic heterocycles. The van der Waals surface area contributed by atoms with E-state index in [2.05, 4.69) is 44.3 Å². The van der Waals surface area contributed by atoms with E-state index < -0.39 is 5.97 Å². The van der Waals surface area contributed by atoms with Crippen molar-refractivity contribution in [2.75, 3.05) is 0 Å². The van der Waals surface area contributed by atoms with Gasteiger partial charge in [-0.3, -0.25) is 4.79 Å². The third-order valence-electron chi connectivity index (χ3n) is 8.39. The summed E-state index contributed by atoms with van der Waals surface area (Å²) < 4.78 is 0. The molecule has 0 saturated heterocycles. The fourth-order valence-electron chi connectivity index (χ4n) is 5.85. The molecule has 208 valence electrons. The van der Waals surface area contributed by atoms with E-state index in [1.54, 1.807) is 12.1 Å². The van der Waals surface area contributed by atoms with Crippen LogP contribution in [0.1, 0.15) is 76.1 Å². The Hall–Kier alpha value is -4.15. The first-order chi connectivity index (χ1) is 19.7. The number of rotatable bonds is 7. The van der Waals surface area contributed by atoms with E-state index in [-0.39, 0.29) is 5.91 Å². The van der Waals surface area contributed by atoms with Crippen molar-refractivity contribution in [2.45, 2.75) is 46.1 Å². The van der Waals surface area contributed by atoms with Gasteiger partial charge in [-0.05, 0) is 108 Å². The van der Waals surface area contributed by atoms with Crippen LogP contribution in [0.5, 0.6) is 0 Å². The molecule has 0 bridgehead atoms. The molecule has 4 aromatic rings. The number of hydrogen-bond donors (Lipinski definition) is 2. The van der Waals surface area contributed by atoms with Gasteiger partial charge in [0.05, 0.1) is 5.56 Å². The van der Waals surface area contributed by atoms with Crippen LogP contribution in [0.15, 0.2) is 96.6 Å². The highest BCUT2D eigenvalue weighted by molar-refractivity contribution is 6.30. The summed E-state index contributed by atoms with van der Waals surface area (Å²) in [6.07, 6.45) is 1.88. The number of allylic oxidation sites excluding steroid dienone is 2. The number of carbonyl (C=O) groups is 2. The third-order valence-corrected chi connectivity index (χ3v) is 8.62. The molecule has 1 aliphatic carbocycles. The lowest BCUT2D eigenvalue weighted by molar-refractivity contribution is 0.0697. The van der Waals surface area contributed by atoms with Gasteiger partial charge in [-0.25, -0.2) is 4.79 Å². The number of benzene rings is 4. The molecule has 5 heteroatoms. The van der Waals surface area contributed by atoms with Gasteiger partial charge in [0.2, 0.25) is 0 Å². The van der Waals surface area contributed by atoms with Crippen LogP contribution >= 0.6 is 11.6 Å². The SMILES string of the molecule is CC1=C(C)c2cc(C(=O)NCc3cccc(Cl)c3)ccc2C(C)C(Cc2ccc(-c3ccccc3C(=O)O)cc2)C1. The number of carbonyl (C=O) groups excluding carboxylic acids is 1. The number of halogens is 1. The second kappa shape index (κ2) is 12.2. The lowest BCUT2D eigenvalue weighted by Gasteiger charge is -2.24. The van der Waals surface area contributed by atoms with Crippen molar-refractivity contribution in [2.24, 2.45) is 5.92 Å². The smallest absolute Gasteiger partial charge is 0.336 e. The monoisotopic (exact) mass is 563 g/mol. The van der Waals surface area contributed by atoms with Crippen molar-refractivity contribution in [3.05, 3.63) is 135 Å². The van der Waals surface area contributed by atoms with Gasteiger partial charge >= 0.3 is 5.97 Å². The molecule has 0 saturated carbocycles. The van der Waals surface area contributed by atoms with Crippen molar-refractivity contribution in [3.8, 4) is 11.1 Å². The van der Waals surface area contributed by atoms with E-state index in [0.717, 1.165) is 35.1 Å². The summed E-state index contributed by atoms with van der Waals surface area (Å²) in [6, 6.07) is 29.0. The second-order valence-electron chi connectivity index (χ2n) is 11.0. The standard InChI is InChI=1S/C36H34ClNO3/c1-22-17-29(18-25-11-13-27(14-12-25)32-9-4-5-10-33(32)36(40)41)24(3)31-16-15-28(20-34(31)23(22)2)35(39)38-21-26-7-6-8-30(37)19-26/h4-16,19-20,24,29H,17-18,21H2,1-3H3,(H,38,39)(H,40,41). The molecule has 0 fully saturated rings. The van der Waals surface area contributed by atoms with Gasteiger partial charge < -0.3 is 10.4 Å². The van der Waals surface area contributed by atoms with Crippen LogP contribution in [0.3, 0.4) is 0 Å². The lowest BCUT2D eigenvalue weighted by atomic mass is 9.80. The minimum absolute atomic E-state index is 0.101. The maximum Gasteiger partial charge on any atom is 0.336 e. The van der Waals surface area contributed by atoms with Crippen molar-refractivity contribution >= 4 is 29.1 Å². The highest BCUT2D eigenvalue weighted by Gasteiger charge is 2.27. The van der Waals surface area contributed by atoms with E-state index in [1.165, 1.54) is 22.3 Å². The summed E-state index contributed by atoms with van der Waals surface area (Å²) in [4.78, 5) is 24.7. The Kier molecular flexibility index (Phi) is 8.41. The van der Waals surface area contributed by atoms with Gasteiger partial charge in [-0.2, -0.15) is 0 Å². The summed E-state index contributed by atoms with van der Waals surface area (Å²) in [5.41, 5.74) is 9.76. The Morgan fingerprint density at radius 1 is 0.878 bits per heavy atom. The molecule has 1 aliphatic rings. The summed E-state index contributed by atoms with van der Waals surface area (Å²) in [5.74, 6) is -0.328. The molecule has 0 aromatic heterocycles. The van der Waals surface area contributed by atoms with Crippen molar-refractivity contribution in [1.82, 2.24) is 5.32 Å². The summed E-state index contributed by atoms with van der Waals surface area (Å²) in [7, 11) is 0. The Morgan fingerprint density at radius 3 is 2.37 bits per heavy atom. The summed E-state index contributed by atoms with van der Waals surface area (Å²) in [6.45, 7) is 7.06. The van der Waals surface area contributed by atoms with Crippen LogP contribution in [-0.2, 0) is 13.0 Å². The maximum atomic E-state index is 13.0. The lowest BCUT2D eigenvalue weighted by Crippen LogP contribution is -2.23. The maximum absolute atomic E-state index is 13.0. The van der Waals surface area contributed by atoms with Gasteiger partial charge in [0.1, 0.15) is 0 Å². The van der Waals surface area contributed by atoms with Crippen LogP contribution in [0.4, 0.5) is 0 Å². The number of aromatic carboxylic acids is 1.